The van der Waals surface area contributed by atoms with Gasteiger partial charge in [-0.2, -0.15) is 0 Å². The van der Waals surface area contributed by atoms with Gasteiger partial charge in [-0.3, -0.25) is 0 Å². The molecular formula is C22H36BFN2. The molecule has 0 fully saturated rings. The van der Waals surface area contributed by atoms with E-state index in [9.17, 15) is 4.39 Å². The molecule has 144 valence electrons. The minimum Gasteiger partial charge on any atom is -0.328 e. The van der Waals surface area contributed by atoms with Crippen molar-refractivity contribution in [3.05, 3.63) is 23.8 Å². The predicted molar refractivity (Wildman–Crippen MR) is 113 cm³/mol. The molecule has 0 spiro atoms. The second kappa shape index (κ2) is 7.74. The highest BCUT2D eigenvalue weighted by molar-refractivity contribution is 6.57. The summed E-state index contributed by atoms with van der Waals surface area (Å²) >= 11 is 0. The maximum atomic E-state index is 14.2. The maximum Gasteiger partial charge on any atom is 0.161 e. The summed E-state index contributed by atoms with van der Waals surface area (Å²) in [6.07, 6.45) is 3.34. The smallest absolute Gasteiger partial charge is 0.161 e. The highest BCUT2D eigenvalue weighted by Gasteiger charge is 2.32. The van der Waals surface area contributed by atoms with Gasteiger partial charge >= 0.3 is 0 Å². The number of rotatable bonds is 7. The molecule has 0 atom stereocenters. The molecule has 0 radical (unpaired) electrons. The number of imidazole rings is 1. The third-order valence-electron chi connectivity index (χ3n) is 6.72. The highest BCUT2D eigenvalue weighted by atomic mass is 19.1. The van der Waals surface area contributed by atoms with Crippen LogP contribution in [0.2, 0.25) is 6.32 Å². The molecule has 0 N–H and O–H groups in total. The molecule has 0 aliphatic rings. The van der Waals surface area contributed by atoms with Crippen LogP contribution in [0, 0.1) is 29.5 Å². The standard InChI is InChI=1S/C22H36BFN2/c1-9-16(10-2)13-26-15(3)25-19-12-17(24)11-18(20(19)26)23-14-22(7,8)21(4,5)6/h11-12,16,23H,9-10,13-14H2,1-8H3. The van der Waals surface area contributed by atoms with Crippen LogP contribution in [0.1, 0.15) is 67.1 Å². The number of benzene rings is 1. The Morgan fingerprint density at radius 3 is 2.27 bits per heavy atom. The normalized spacial score (nSPS) is 13.0. The summed E-state index contributed by atoms with van der Waals surface area (Å²) in [5.41, 5.74) is 3.44. The molecule has 0 aliphatic carbocycles. The van der Waals surface area contributed by atoms with Crippen LogP contribution in [0.5, 0.6) is 0 Å². The average Bonchev–Trinajstić information content (AvgIpc) is 2.84. The third-order valence-corrected chi connectivity index (χ3v) is 6.72. The lowest BCUT2D eigenvalue weighted by Crippen LogP contribution is -2.33. The van der Waals surface area contributed by atoms with Crippen molar-refractivity contribution in [1.82, 2.24) is 9.55 Å². The fourth-order valence-electron chi connectivity index (χ4n) is 3.47. The molecule has 2 aromatic rings. The fraction of sp³-hybridized carbons (Fsp3) is 0.682. The first kappa shape index (κ1) is 21.0. The average molecular weight is 358 g/mol. The van der Waals surface area contributed by atoms with Crippen molar-refractivity contribution in [2.45, 2.75) is 81.1 Å². The first-order chi connectivity index (χ1) is 12.0. The molecule has 2 nitrogen and oxygen atoms in total. The monoisotopic (exact) mass is 358 g/mol. The zero-order chi connectivity index (χ0) is 19.7. The minimum absolute atomic E-state index is 0.173. The molecule has 1 heterocycles. The molecule has 2 rings (SSSR count). The number of hydrogen-bond acceptors (Lipinski definition) is 1. The van der Waals surface area contributed by atoms with Gasteiger partial charge in [0.25, 0.3) is 0 Å². The Bertz CT molecular complexity index is 752. The minimum atomic E-state index is -0.173. The van der Waals surface area contributed by atoms with Crippen LogP contribution in [0.15, 0.2) is 12.1 Å². The van der Waals surface area contributed by atoms with Crippen LogP contribution in [0.25, 0.3) is 11.0 Å². The van der Waals surface area contributed by atoms with Gasteiger partial charge in [0, 0.05) is 12.6 Å². The SMILES string of the molecule is CCC(CC)Cn1c(C)nc2cc(F)cc(BCC(C)(C)C(C)(C)C)c21. The Morgan fingerprint density at radius 2 is 1.73 bits per heavy atom. The van der Waals surface area contributed by atoms with Gasteiger partial charge in [-0.05, 0) is 29.7 Å². The Balaban J connectivity index is 2.45. The van der Waals surface area contributed by atoms with Crippen molar-refractivity contribution in [2.24, 2.45) is 16.7 Å². The molecule has 1 aromatic carbocycles. The first-order valence-corrected chi connectivity index (χ1v) is 10.2. The number of aryl methyl sites for hydroxylation is 1. The van der Waals surface area contributed by atoms with Crippen molar-refractivity contribution in [1.29, 1.82) is 0 Å². The maximum absolute atomic E-state index is 14.2. The van der Waals surface area contributed by atoms with Crippen molar-refractivity contribution in [2.75, 3.05) is 0 Å². The van der Waals surface area contributed by atoms with E-state index in [1.54, 1.807) is 12.1 Å². The number of fused-ring (bicyclic) bond motifs is 1. The number of halogens is 1. The lowest BCUT2D eigenvalue weighted by molar-refractivity contribution is 0.157. The van der Waals surface area contributed by atoms with E-state index in [-0.39, 0.29) is 16.6 Å². The molecule has 0 amide bonds. The molecule has 0 aliphatic heterocycles. The van der Waals surface area contributed by atoms with Crippen LogP contribution in [-0.4, -0.2) is 16.8 Å². The van der Waals surface area contributed by atoms with Crippen molar-refractivity contribution in [3.63, 3.8) is 0 Å². The molecule has 0 unspecified atom stereocenters. The van der Waals surface area contributed by atoms with E-state index in [0.717, 1.165) is 55.3 Å². The topological polar surface area (TPSA) is 17.8 Å². The molecule has 4 heteroatoms. The highest BCUT2D eigenvalue weighted by Crippen LogP contribution is 2.41. The fourth-order valence-corrected chi connectivity index (χ4v) is 3.47. The summed E-state index contributed by atoms with van der Waals surface area (Å²) in [7, 11) is 0.882. The second-order valence-corrected chi connectivity index (χ2v) is 9.52. The number of aromatic nitrogens is 2. The van der Waals surface area contributed by atoms with E-state index in [1.165, 1.54) is 0 Å². The van der Waals surface area contributed by atoms with E-state index in [0.29, 0.717) is 5.92 Å². The summed E-state index contributed by atoms with van der Waals surface area (Å²) in [5, 5.41) is 0. The quantitative estimate of drug-likeness (QED) is 0.600. The van der Waals surface area contributed by atoms with E-state index in [1.807, 2.05) is 6.92 Å². The molecule has 26 heavy (non-hydrogen) atoms. The van der Waals surface area contributed by atoms with Crippen molar-refractivity contribution in [3.8, 4) is 0 Å². The van der Waals surface area contributed by atoms with Gasteiger partial charge in [0.15, 0.2) is 7.28 Å². The summed E-state index contributed by atoms with van der Waals surface area (Å²) in [4.78, 5) is 4.67. The summed E-state index contributed by atoms with van der Waals surface area (Å²) in [5.74, 6) is 1.46. The molecule has 0 bridgehead atoms. The lowest BCUT2D eigenvalue weighted by atomic mass is 9.53. The van der Waals surface area contributed by atoms with Crippen LogP contribution in [-0.2, 0) is 6.54 Å². The van der Waals surface area contributed by atoms with Crippen molar-refractivity contribution >= 4 is 23.8 Å². The Kier molecular flexibility index (Phi) is 6.25. The third kappa shape index (κ3) is 4.32. The van der Waals surface area contributed by atoms with Gasteiger partial charge in [-0.25, -0.2) is 9.37 Å². The van der Waals surface area contributed by atoms with Gasteiger partial charge in [0.1, 0.15) is 11.6 Å². The van der Waals surface area contributed by atoms with Gasteiger partial charge < -0.3 is 4.57 Å². The zero-order valence-corrected chi connectivity index (χ0v) is 18.0. The lowest BCUT2D eigenvalue weighted by Gasteiger charge is -2.39. The van der Waals surface area contributed by atoms with Crippen LogP contribution in [0.3, 0.4) is 0 Å². The van der Waals surface area contributed by atoms with E-state index >= 15 is 0 Å². The van der Waals surface area contributed by atoms with Gasteiger partial charge in [-0.15, -0.1) is 0 Å². The van der Waals surface area contributed by atoms with Crippen LogP contribution < -0.4 is 5.46 Å². The van der Waals surface area contributed by atoms with Crippen molar-refractivity contribution < 1.29 is 4.39 Å². The molecular weight excluding hydrogens is 322 g/mol. The van der Waals surface area contributed by atoms with Crippen LogP contribution >= 0.6 is 0 Å². The predicted octanol–water partition coefficient (Wildman–Crippen LogP) is 5.47. The molecule has 0 saturated heterocycles. The largest absolute Gasteiger partial charge is 0.328 e. The van der Waals surface area contributed by atoms with E-state index in [4.69, 9.17) is 0 Å². The Labute approximate surface area is 159 Å². The van der Waals surface area contributed by atoms with Crippen LogP contribution in [0.4, 0.5) is 4.39 Å². The Morgan fingerprint density at radius 1 is 1.12 bits per heavy atom. The first-order valence-electron chi connectivity index (χ1n) is 10.2. The Hall–Kier alpha value is -1.32. The van der Waals surface area contributed by atoms with E-state index in [2.05, 4.69) is 58.0 Å². The molecule has 0 saturated carbocycles. The van der Waals surface area contributed by atoms with Gasteiger partial charge in [-0.1, -0.05) is 73.1 Å². The van der Waals surface area contributed by atoms with Gasteiger partial charge in [0.05, 0.1) is 11.0 Å². The number of hydrogen-bond donors (Lipinski definition) is 0. The zero-order valence-electron chi connectivity index (χ0n) is 18.0. The second-order valence-electron chi connectivity index (χ2n) is 9.52. The number of nitrogens with zero attached hydrogens (tertiary/aromatic N) is 2. The summed E-state index contributed by atoms with van der Waals surface area (Å²) < 4.78 is 16.6. The summed E-state index contributed by atoms with van der Waals surface area (Å²) in [6.45, 7) is 19.0. The van der Waals surface area contributed by atoms with E-state index < -0.39 is 0 Å². The molecule has 1 aromatic heterocycles. The summed E-state index contributed by atoms with van der Waals surface area (Å²) in [6, 6.07) is 3.32. The van der Waals surface area contributed by atoms with Gasteiger partial charge in [0.2, 0.25) is 0 Å².